The summed E-state index contributed by atoms with van der Waals surface area (Å²) in [5.41, 5.74) is 1.23. The van der Waals surface area contributed by atoms with Gasteiger partial charge in [-0.05, 0) is 36.5 Å². The quantitative estimate of drug-likeness (QED) is 0.558. The molecule has 1 rings (SSSR count). The van der Waals surface area contributed by atoms with Gasteiger partial charge in [-0.2, -0.15) is 0 Å². The minimum Gasteiger partial charge on any atom is -0.417 e. The van der Waals surface area contributed by atoms with E-state index in [1.807, 2.05) is 18.2 Å². The summed E-state index contributed by atoms with van der Waals surface area (Å²) < 4.78 is 6.08. The van der Waals surface area contributed by atoms with Gasteiger partial charge in [0.25, 0.3) is 0 Å². The summed E-state index contributed by atoms with van der Waals surface area (Å²) in [6.07, 6.45) is 1.70. The summed E-state index contributed by atoms with van der Waals surface area (Å²) in [6.45, 7) is 13.2. The summed E-state index contributed by atoms with van der Waals surface area (Å²) in [5, 5.41) is 5.99. The van der Waals surface area contributed by atoms with Crippen LogP contribution >= 0.6 is 0 Å². The number of urea groups is 1. The first-order valence-corrected chi connectivity index (χ1v) is 11.3. The molecule has 4 nitrogen and oxygen atoms in total. The maximum absolute atomic E-state index is 11.7. The molecule has 0 aliphatic carbocycles. The topological polar surface area (TPSA) is 50.4 Å². The molecule has 2 amide bonds. The second-order valence-corrected chi connectivity index (χ2v) is 12.2. The number of rotatable bonds is 8. The van der Waals surface area contributed by atoms with Gasteiger partial charge in [-0.25, -0.2) is 4.79 Å². The van der Waals surface area contributed by atoms with Gasteiger partial charge in [-0.1, -0.05) is 51.1 Å². The Balaban J connectivity index is 2.08. The number of benzene rings is 1. The van der Waals surface area contributed by atoms with Gasteiger partial charge in [0.2, 0.25) is 0 Å². The number of carbonyl (C=O) groups excluding carboxylic acids is 1. The molecule has 130 valence electrons. The predicted octanol–water partition coefficient (Wildman–Crippen LogP) is 3.94. The van der Waals surface area contributed by atoms with Crippen molar-refractivity contribution in [1.29, 1.82) is 0 Å². The van der Waals surface area contributed by atoms with Crippen molar-refractivity contribution in [2.24, 2.45) is 0 Å². The summed E-state index contributed by atoms with van der Waals surface area (Å²) in [7, 11) is -1.67. The van der Waals surface area contributed by atoms with Crippen molar-refractivity contribution in [3.63, 3.8) is 0 Å². The third-order valence-electron chi connectivity index (χ3n) is 4.42. The zero-order valence-corrected chi connectivity index (χ0v) is 16.2. The minimum atomic E-state index is -1.67. The molecule has 0 heterocycles. The van der Waals surface area contributed by atoms with Gasteiger partial charge < -0.3 is 15.1 Å². The number of amides is 2. The van der Waals surface area contributed by atoms with E-state index >= 15 is 0 Å². The molecule has 0 atom stereocenters. The van der Waals surface area contributed by atoms with Crippen molar-refractivity contribution in [2.45, 2.75) is 51.7 Å². The van der Waals surface area contributed by atoms with E-state index < -0.39 is 8.32 Å². The Labute approximate surface area is 142 Å². The number of nitrogens with one attached hydrogen (secondary N) is 2. The van der Waals surface area contributed by atoms with Crippen LogP contribution in [0.25, 0.3) is 0 Å². The van der Waals surface area contributed by atoms with E-state index in [0.29, 0.717) is 19.7 Å². The fraction of sp³-hybridized carbons (Fsp3) is 0.611. The monoisotopic (exact) mass is 336 g/mol. The van der Waals surface area contributed by atoms with Crippen LogP contribution < -0.4 is 10.6 Å². The highest BCUT2D eigenvalue weighted by Gasteiger charge is 2.36. The molecule has 1 aromatic rings. The highest BCUT2D eigenvalue weighted by molar-refractivity contribution is 6.74. The van der Waals surface area contributed by atoms with Crippen molar-refractivity contribution >= 4 is 14.3 Å². The van der Waals surface area contributed by atoms with Crippen LogP contribution in [0.15, 0.2) is 30.3 Å². The van der Waals surface area contributed by atoms with E-state index in [2.05, 4.69) is 56.6 Å². The van der Waals surface area contributed by atoms with Crippen molar-refractivity contribution in [3.05, 3.63) is 35.9 Å². The highest BCUT2D eigenvalue weighted by Crippen LogP contribution is 2.36. The lowest BCUT2D eigenvalue weighted by molar-refractivity contribution is 0.238. The van der Waals surface area contributed by atoms with Crippen molar-refractivity contribution in [1.82, 2.24) is 10.6 Å². The van der Waals surface area contributed by atoms with Crippen molar-refractivity contribution in [2.75, 3.05) is 19.7 Å². The van der Waals surface area contributed by atoms with Gasteiger partial charge in [-0.3, -0.25) is 0 Å². The lowest BCUT2D eigenvalue weighted by Crippen LogP contribution is -2.42. The van der Waals surface area contributed by atoms with Gasteiger partial charge in [0.05, 0.1) is 0 Å². The maximum atomic E-state index is 11.7. The zero-order chi connectivity index (χ0) is 17.3. The van der Waals surface area contributed by atoms with Crippen LogP contribution in [0.4, 0.5) is 4.79 Å². The summed E-state index contributed by atoms with van der Waals surface area (Å²) in [5.74, 6) is 0. The Hall–Kier alpha value is -1.33. The van der Waals surface area contributed by atoms with Crippen molar-refractivity contribution < 1.29 is 9.22 Å². The first-order chi connectivity index (χ1) is 10.7. The Kier molecular flexibility index (Phi) is 7.78. The smallest absolute Gasteiger partial charge is 0.314 e. The number of hydrogen-bond donors (Lipinski definition) is 2. The standard InChI is InChI=1S/C18H32N2O2Si/c1-18(2,3)23(4,5)22-15-9-13-19-17(21)20-14-12-16-10-7-6-8-11-16/h6-8,10-11H,9,12-15H2,1-5H3,(H2,19,20,21). The lowest BCUT2D eigenvalue weighted by Gasteiger charge is -2.36. The maximum Gasteiger partial charge on any atom is 0.314 e. The molecule has 0 aliphatic heterocycles. The normalized spacial score (nSPS) is 12.0. The molecular weight excluding hydrogens is 304 g/mol. The molecule has 5 heteroatoms. The molecule has 0 saturated heterocycles. The Morgan fingerprint density at radius 1 is 1.09 bits per heavy atom. The van der Waals surface area contributed by atoms with E-state index in [9.17, 15) is 4.79 Å². The van der Waals surface area contributed by atoms with E-state index in [1.54, 1.807) is 0 Å². The van der Waals surface area contributed by atoms with Crippen LogP contribution in [-0.4, -0.2) is 34.0 Å². The largest absolute Gasteiger partial charge is 0.417 e. The summed E-state index contributed by atoms with van der Waals surface area (Å²) in [4.78, 5) is 11.7. The molecule has 1 aromatic carbocycles. The van der Waals surface area contributed by atoms with E-state index in [-0.39, 0.29) is 11.1 Å². The van der Waals surface area contributed by atoms with Gasteiger partial charge in [0.1, 0.15) is 0 Å². The highest BCUT2D eigenvalue weighted by atomic mass is 28.4. The van der Waals surface area contributed by atoms with Crippen LogP contribution in [-0.2, 0) is 10.8 Å². The van der Waals surface area contributed by atoms with E-state index in [1.165, 1.54) is 5.56 Å². The molecular formula is C18H32N2O2Si. The van der Waals surface area contributed by atoms with Gasteiger partial charge in [0, 0.05) is 19.7 Å². The van der Waals surface area contributed by atoms with Crippen LogP contribution in [0.2, 0.25) is 18.1 Å². The molecule has 0 fully saturated rings. The Morgan fingerprint density at radius 2 is 1.70 bits per heavy atom. The fourth-order valence-electron chi connectivity index (χ4n) is 1.85. The van der Waals surface area contributed by atoms with Crippen LogP contribution in [0.1, 0.15) is 32.8 Å². The van der Waals surface area contributed by atoms with Gasteiger partial charge >= 0.3 is 6.03 Å². The van der Waals surface area contributed by atoms with E-state index in [4.69, 9.17) is 4.43 Å². The molecule has 0 aromatic heterocycles. The molecule has 0 bridgehead atoms. The first kappa shape index (κ1) is 19.7. The third kappa shape index (κ3) is 7.66. The van der Waals surface area contributed by atoms with Crippen LogP contribution in [0.5, 0.6) is 0 Å². The SMILES string of the molecule is CC(C)(C)[Si](C)(C)OCCCNC(=O)NCCc1ccccc1. The average Bonchev–Trinajstić information content (AvgIpc) is 2.46. The Morgan fingerprint density at radius 3 is 2.30 bits per heavy atom. The second-order valence-electron chi connectivity index (χ2n) is 7.38. The average molecular weight is 337 g/mol. The summed E-state index contributed by atoms with van der Waals surface area (Å²) >= 11 is 0. The molecule has 0 unspecified atom stereocenters. The molecule has 0 radical (unpaired) electrons. The fourth-order valence-corrected chi connectivity index (χ4v) is 2.93. The third-order valence-corrected chi connectivity index (χ3v) is 8.96. The predicted molar refractivity (Wildman–Crippen MR) is 99.3 cm³/mol. The molecule has 0 spiro atoms. The number of hydrogen-bond acceptors (Lipinski definition) is 2. The molecule has 0 aliphatic rings. The Bertz CT molecular complexity index is 470. The van der Waals surface area contributed by atoms with Crippen LogP contribution in [0.3, 0.4) is 0 Å². The summed E-state index contributed by atoms with van der Waals surface area (Å²) in [6, 6.07) is 10.0. The molecule has 23 heavy (non-hydrogen) atoms. The lowest BCUT2D eigenvalue weighted by atomic mass is 10.1. The zero-order valence-electron chi connectivity index (χ0n) is 15.2. The second kappa shape index (κ2) is 9.08. The first-order valence-electron chi connectivity index (χ1n) is 8.42. The van der Waals surface area contributed by atoms with E-state index in [0.717, 1.165) is 12.8 Å². The minimum absolute atomic E-state index is 0.103. The number of carbonyl (C=O) groups is 1. The van der Waals surface area contributed by atoms with Crippen LogP contribution in [0, 0.1) is 0 Å². The van der Waals surface area contributed by atoms with Gasteiger partial charge in [0.15, 0.2) is 8.32 Å². The molecule has 2 N–H and O–H groups in total. The molecule has 0 saturated carbocycles. The van der Waals surface area contributed by atoms with Gasteiger partial charge in [-0.15, -0.1) is 0 Å². The van der Waals surface area contributed by atoms with Crippen molar-refractivity contribution in [3.8, 4) is 0 Å².